The van der Waals surface area contributed by atoms with E-state index in [9.17, 15) is 14.4 Å². The zero-order chi connectivity index (χ0) is 20.1. The van der Waals surface area contributed by atoms with Crippen LogP contribution >= 0.6 is 0 Å². The van der Waals surface area contributed by atoms with Gasteiger partial charge < -0.3 is 5.32 Å². The molecule has 2 saturated heterocycles. The van der Waals surface area contributed by atoms with Crippen LogP contribution < -0.4 is 16.3 Å². The molecule has 0 spiro atoms. The zero-order valence-corrected chi connectivity index (χ0v) is 16.7. The van der Waals surface area contributed by atoms with Crippen LogP contribution in [0.3, 0.4) is 0 Å². The summed E-state index contributed by atoms with van der Waals surface area (Å²) in [5.41, 5.74) is 2.24. The lowest BCUT2D eigenvalue weighted by Gasteiger charge is -2.24. The molecule has 7 heteroatoms. The van der Waals surface area contributed by atoms with E-state index >= 15 is 0 Å². The summed E-state index contributed by atoms with van der Waals surface area (Å²) in [5.74, 6) is -0.191. The summed E-state index contributed by atoms with van der Waals surface area (Å²) in [6, 6.07) is 5.54. The average molecular weight is 384 g/mol. The van der Waals surface area contributed by atoms with Crippen LogP contribution in [0.15, 0.2) is 23.0 Å². The molecule has 2 amide bonds. The highest BCUT2D eigenvalue weighted by molar-refractivity contribution is 6.00. The molecule has 1 aromatic heterocycles. The molecule has 1 unspecified atom stereocenters. The maximum Gasteiger partial charge on any atom is 0.330 e. The van der Waals surface area contributed by atoms with Crippen LogP contribution in [-0.4, -0.2) is 34.0 Å². The Hall–Kier alpha value is -2.41. The van der Waals surface area contributed by atoms with E-state index in [1.807, 2.05) is 26.8 Å². The number of hydrogen-bond donors (Lipinski definition) is 2. The third kappa shape index (κ3) is 3.17. The summed E-state index contributed by atoms with van der Waals surface area (Å²) >= 11 is 0. The number of piperidine rings is 2. The Morgan fingerprint density at radius 3 is 2.36 bits per heavy atom. The van der Waals surface area contributed by atoms with Gasteiger partial charge in [0.05, 0.1) is 11.0 Å². The molecular formula is C21H28N4O3. The molecule has 3 heterocycles. The molecule has 0 aliphatic carbocycles. The van der Waals surface area contributed by atoms with Gasteiger partial charge in [-0.25, -0.2) is 4.79 Å². The van der Waals surface area contributed by atoms with Crippen molar-refractivity contribution < 1.29 is 9.59 Å². The second-order valence-corrected chi connectivity index (χ2v) is 8.90. The Labute approximate surface area is 164 Å². The highest BCUT2D eigenvalue weighted by Gasteiger charge is 2.33. The molecule has 0 bridgehead atoms. The molecule has 0 radical (unpaired) electrons. The molecule has 28 heavy (non-hydrogen) atoms. The van der Waals surface area contributed by atoms with Gasteiger partial charge in [0.25, 0.3) is 0 Å². The zero-order valence-electron chi connectivity index (χ0n) is 16.7. The van der Waals surface area contributed by atoms with Gasteiger partial charge in [-0.2, -0.15) is 0 Å². The number of rotatable bonds is 2. The molecular weight excluding hydrogens is 356 g/mol. The van der Waals surface area contributed by atoms with Crippen molar-refractivity contribution in [2.75, 3.05) is 13.1 Å². The van der Waals surface area contributed by atoms with Crippen molar-refractivity contribution in [2.45, 2.75) is 64.0 Å². The van der Waals surface area contributed by atoms with Crippen molar-refractivity contribution in [3.8, 4) is 0 Å². The van der Waals surface area contributed by atoms with Gasteiger partial charge in [0.15, 0.2) is 0 Å². The third-order valence-electron chi connectivity index (χ3n) is 5.90. The number of hydrogen-bond acceptors (Lipinski definition) is 4. The number of nitrogens with zero attached hydrogens (tertiary/aromatic N) is 2. The minimum atomic E-state index is -0.652. The fourth-order valence-electron chi connectivity index (χ4n) is 4.52. The number of amides is 2. The summed E-state index contributed by atoms with van der Waals surface area (Å²) in [7, 11) is 0. The summed E-state index contributed by atoms with van der Waals surface area (Å²) in [4.78, 5) is 37.4. The lowest BCUT2D eigenvalue weighted by molar-refractivity contribution is -0.135. The van der Waals surface area contributed by atoms with Crippen molar-refractivity contribution in [1.82, 2.24) is 19.8 Å². The molecule has 2 aliphatic heterocycles. The predicted octanol–water partition coefficient (Wildman–Crippen LogP) is 2.00. The van der Waals surface area contributed by atoms with Crippen molar-refractivity contribution in [2.24, 2.45) is 0 Å². The van der Waals surface area contributed by atoms with Gasteiger partial charge in [0, 0.05) is 12.0 Å². The van der Waals surface area contributed by atoms with Crippen LogP contribution in [-0.2, 0) is 15.1 Å². The van der Waals surface area contributed by atoms with E-state index in [2.05, 4.69) is 22.8 Å². The van der Waals surface area contributed by atoms with Crippen LogP contribution in [0.5, 0.6) is 0 Å². The predicted molar refractivity (Wildman–Crippen MR) is 107 cm³/mol. The number of nitrogens with one attached hydrogen (secondary N) is 2. The number of fused-ring (bicyclic) bond motifs is 1. The van der Waals surface area contributed by atoms with Crippen molar-refractivity contribution in [3.63, 3.8) is 0 Å². The first-order valence-electron chi connectivity index (χ1n) is 10.1. The molecule has 2 N–H and O–H groups in total. The smallest absolute Gasteiger partial charge is 0.317 e. The van der Waals surface area contributed by atoms with Gasteiger partial charge in [0.1, 0.15) is 6.04 Å². The Balaban J connectivity index is 1.89. The molecule has 4 rings (SSSR count). The summed E-state index contributed by atoms with van der Waals surface area (Å²) < 4.78 is 3.37. The molecule has 7 nitrogen and oxygen atoms in total. The maximum absolute atomic E-state index is 13.4. The summed E-state index contributed by atoms with van der Waals surface area (Å²) in [5, 5.41) is 5.77. The number of benzene rings is 1. The quantitative estimate of drug-likeness (QED) is 0.776. The third-order valence-corrected chi connectivity index (χ3v) is 5.90. The molecule has 1 atom stereocenters. The highest BCUT2D eigenvalue weighted by Crippen LogP contribution is 2.31. The molecule has 2 aromatic rings. The van der Waals surface area contributed by atoms with Gasteiger partial charge in [-0.1, -0.05) is 6.07 Å². The average Bonchev–Trinajstić information content (AvgIpc) is 2.94. The second-order valence-electron chi connectivity index (χ2n) is 8.90. The first kappa shape index (κ1) is 18.9. The van der Waals surface area contributed by atoms with E-state index in [-0.39, 0.29) is 18.0 Å². The largest absolute Gasteiger partial charge is 0.330 e. The Bertz CT molecular complexity index is 989. The van der Waals surface area contributed by atoms with E-state index in [1.54, 1.807) is 9.13 Å². The monoisotopic (exact) mass is 384 g/mol. The minimum absolute atomic E-state index is 0.195. The van der Waals surface area contributed by atoms with Crippen molar-refractivity contribution in [3.05, 3.63) is 34.2 Å². The lowest BCUT2D eigenvalue weighted by atomic mass is 9.90. The number of carbonyl (C=O) groups is 2. The second kappa shape index (κ2) is 6.88. The van der Waals surface area contributed by atoms with E-state index < -0.39 is 17.5 Å². The maximum atomic E-state index is 13.4. The SMILES string of the molecule is CC(C)(C)n1c(=O)n(C2CCC(=O)NC2=O)c2ccc(C3CCNCC3)cc21. The number of aromatic nitrogens is 2. The first-order valence-corrected chi connectivity index (χ1v) is 10.1. The van der Waals surface area contributed by atoms with E-state index in [1.165, 1.54) is 5.56 Å². The summed E-state index contributed by atoms with van der Waals surface area (Å²) in [6.07, 6.45) is 2.76. The van der Waals surface area contributed by atoms with Gasteiger partial charge >= 0.3 is 5.69 Å². The topological polar surface area (TPSA) is 85.1 Å². The van der Waals surface area contributed by atoms with Gasteiger partial charge in [-0.05, 0) is 76.7 Å². The van der Waals surface area contributed by atoms with Crippen LogP contribution in [0.25, 0.3) is 11.0 Å². The Kier molecular flexibility index (Phi) is 4.65. The van der Waals surface area contributed by atoms with Crippen LogP contribution in [0.2, 0.25) is 0 Å². The number of carbonyl (C=O) groups excluding carboxylic acids is 2. The lowest BCUT2D eigenvalue weighted by Crippen LogP contribution is -2.45. The molecule has 0 saturated carbocycles. The highest BCUT2D eigenvalue weighted by atomic mass is 16.2. The van der Waals surface area contributed by atoms with E-state index in [4.69, 9.17) is 0 Å². The summed E-state index contributed by atoms with van der Waals surface area (Å²) in [6.45, 7) is 8.01. The molecule has 150 valence electrons. The van der Waals surface area contributed by atoms with Crippen LogP contribution in [0, 0.1) is 0 Å². The number of imidazole rings is 1. The Morgan fingerprint density at radius 1 is 1.00 bits per heavy atom. The number of imide groups is 1. The fourth-order valence-corrected chi connectivity index (χ4v) is 4.52. The molecule has 2 fully saturated rings. The molecule has 2 aliphatic rings. The normalized spacial score (nSPS) is 21.9. The van der Waals surface area contributed by atoms with Gasteiger partial charge in [0.2, 0.25) is 11.8 Å². The van der Waals surface area contributed by atoms with E-state index in [0.717, 1.165) is 37.0 Å². The minimum Gasteiger partial charge on any atom is -0.317 e. The Morgan fingerprint density at radius 2 is 1.71 bits per heavy atom. The van der Waals surface area contributed by atoms with Crippen LogP contribution in [0.4, 0.5) is 0 Å². The van der Waals surface area contributed by atoms with Gasteiger partial charge in [-0.15, -0.1) is 0 Å². The molecule has 1 aromatic carbocycles. The van der Waals surface area contributed by atoms with Crippen molar-refractivity contribution in [1.29, 1.82) is 0 Å². The first-order chi connectivity index (χ1) is 13.3. The standard InChI is InChI=1S/C21H28N4O3/c1-21(2,3)25-17-12-14(13-8-10-22-11-9-13)4-5-15(17)24(20(25)28)16-6-7-18(26)23-19(16)27/h4-5,12-13,16,22H,6-11H2,1-3H3,(H,23,26,27). The van der Waals surface area contributed by atoms with Crippen LogP contribution in [0.1, 0.15) is 64.0 Å². The van der Waals surface area contributed by atoms with Gasteiger partial charge in [-0.3, -0.25) is 24.0 Å². The van der Waals surface area contributed by atoms with E-state index in [0.29, 0.717) is 12.3 Å². The van der Waals surface area contributed by atoms with Crippen molar-refractivity contribution >= 4 is 22.8 Å². The fraction of sp³-hybridized carbons (Fsp3) is 0.571.